The fourth-order valence-corrected chi connectivity index (χ4v) is 2.04. The smallest absolute Gasteiger partial charge is 0.143 e. The van der Waals surface area contributed by atoms with Gasteiger partial charge < -0.3 is 5.32 Å². The maximum atomic E-state index is 4.29. The average Bonchev–Trinajstić information content (AvgIpc) is 3.02. The molecule has 0 unspecified atom stereocenters. The highest BCUT2D eigenvalue weighted by Gasteiger charge is 2.04. The first kappa shape index (κ1) is 13.2. The van der Waals surface area contributed by atoms with Gasteiger partial charge in [0.15, 0.2) is 0 Å². The van der Waals surface area contributed by atoms with E-state index in [1.165, 1.54) is 0 Å². The van der Waals surface area contributed by atoms with Gasteiger partial charge >= 0.3 is 0 Å². The van der Waals surface area contributed by atoms with Gasteiger partial charge in [-0.15, -0.1) is 5.10 Å². The van der Waals surface area contributed by atoms with Crippen LogP contribution in [0.1, 0.15) is 16.8 Å². The third kappa shape index (κ3) is 3.05. The van der Waals surface area contributed by atoms with Gasteiger partial charge in [-0.1, -0.05) is 12.1 Å². The van der Waals surface area contributed by atoms with E-state index in [1.807, 2.05) is 44.3 Å². The van der Waals surface area contributed by atoms with E-state index in [9.17, 15) is 0 Å². The Kier molecular flexibility index (Phi) is 3.59. The third-order valence-electron chi connectivity index (χ3n) is 3.27. The van der Waals surface area contributed by atoms with Crippen molar-refractivity contribution in [3.05, 3.63) is 59.7 Å². The van der Waals surface area contributed by atoms with Crippen LogP contribution < -0.4 is 5.32 Å². The van der Waals surface area contributed by atoms with Crippen LogP contribution in [-0.4, -0.2) is 25.2 Å². The van der Waals surface area contributed by atoms with Crippen LogP contribution in [-0.2, 0) is 6.54 Å². The van der Waals surface area contributed by atoms with Gasteiger partial charge in [0.1, 0.15) is 6.33 Å². The summed E-state index contributed by atoms with van der Waals surface area (Å²) in [5.41, 5.74) is 5.27. The van der Waals surface area contributed by atoms with E-state index in [4.69, 9.17) is 0 Å². The Bertz CT molecular complexity index is 718. The predicted octanol–water partition coefficient (Wildman–Crippen LogP) is 2.29. The molecule has 0 saturated heterocycles. The summed E-state index contributed by atoms with van der Waals surface area (Å²) in [4.78, 5) is 4.29. The first-order valence-electron chi connectivity index (χ1n) is 6.72. The van der Waals surface area contributed by atoms with Crippen molar-refractivity contribution in [1.29, 1.82) is 0 Å². The van der Waals surface area contributed by atoms with Crippen LogP contribution in [0.15, 0.2) is 42.9 Å². The van der Waals surface area contributed by atoms with Gasteiger partial charge in [-0.25, -0.2) is 4.68 Å². The van der Waals surface area contributed by atoms with Crippen LogP contribution in [0.2, 0.25) is 0 Å². The molecule has 0 spiro atoms. The lowest BCUT2D eigenvalue weighted by Gasteiger charge is -2.10. The fraction of sp³-hybridized carbons (Fsp3) is 0.200. The molecule has 0 fully saturated rings. The number of tetrazole rings is 1. The molecule has 0 aliphatic carbocycles. The minimum absolute atomic E-state index is 0.728. The number of benzene rings is 1. The zero-order chi connectivity index (χ0) is 14.7. The third-order valence-corrected chi connectivity index (χ3v) is 3.27. The second-order valence-corrected chi connectivity index (χ2v) is 4.92. The molecule has 3 aromatic rings. The minimum atomic E-state index is 0.728. The van der Waals surface area contributed by atoms with Crippen molar-refractivity contribution >= 4 is 5.69 Å². The van der Waals surface area contributed by atoms with Gasteiger partial charge in [0, 0.05) is 24.1 Å². The van der Waals surface area contributed by atoms with Crippen molar-refractivity contribution < 1.29 is 0 Å². The van der Waals surface area contributed by atoms with Crippen molar-refractivity contribution in [2.24, 2.45) is 0 Å². The van der Waals surface area contributed by atoms with Crippen molar-refractivity contribution in [2.45, 2.75) is 20.4 Å². The lowest BCUT2D eigenvalue weighted by molar-refractivity contribution is 0.785. The molecule has 0 atom stereocenters. The van der Waals surface area contributed by atoms with Crippen molar-refractivity contribution in [2.75, 3.05) is 5.32 Å². The van der Waals surface area contributed by atoms with Crippen molar-refractivity contribution in [3.8, 4) is 5.69 Å². The van der Waals surface area contributed by atoms with Crippen LogP contribution in [0.3, 0.4) is 0 Å². The van der Waals surface area contributed by atoms with E-state index in [1.54, 1.807) is 11.0 Å². The number of hydrogen-bond acceptors (Lipinski definition) is 5. The van der Waals surface area contributed by atoms with Crippen LogP contribution in [0.5, 0.6) is 0 Å². The van der Waals surface area contributed by atoms with Gasteiger partial charge in [0.2, 0.25) is 0 Å². The number of rotatable bonds is 4. The maximum Gasteiger partial charge on any atom is 0.143 e. The molecule has 2 heterocycles. The molecular weight excluding hydrogens is 264 g/mol. The Morgan fingerprint density at radius 1 is 1.14 bits per heavy atom. The van der Waals surface area contributed by atoms with Gasteiger partial charge in [-0.05, 0) is 53.6 Å². The number of pyridine rings is 1. The largest absolute Gasteiger partial charge is 0.381 e. The zero-order valence-electron chi connectivity index (χ0n) is 12.0. The van der Waals surface area contributed by atoms with Crippen LogP contribution in [0.4, 0.5) is 5.69 Å². The molecule has 6 nitrogen and oxygen atoms in total. The SMILES string of the molecule is Cc1ccc(CNc2ccc(C)c(-n3cnnn3)c2)cn1. The minimum Gasteiger partial charge on any atom is -0.381 e. The Hall–Kier alpha value is -2.76. The molecule has 0 saturated carbocycles. The first-order chi connectivity index (χ1) is 10.2. The lowest BCUT2D eigenvalue weighted by atomic mass is 10.1. The average molecular weight is 280 g/mol. The molecule has 2 aromatic heterocycles. The molecule has 3 rings (SSSR count). The topological polar surface area (TPSA) is 68.5 Å². The predicted molar refractivity (Wildman–Crippen MR) is 80.2 cm³/mol. The van der Waals surface area contributed by atoms with E-state index in [2.05, 4.69) is 31.9 Å². The number of aryl methyl sites for hydroxylation is 2. The summed E-state index contributed by atoms with van der Waals surface area (Å²) in [6.07, 6.45) is 3.48. The van der Waals surface area contributed by atoms with E-state index in [0.717, 1.165) is 34.7 Å². The highest BCUT2D eigenvalue weighted by atomic mass is 15.5. The summed E-state index contributed by atoms with van der Waals surface area (Å²) in [5, 5.41) is 14.7. The molecule has 0 aliphatic rings. The molecule has 106 valence electrons. The van der Waals surface area contributed by atoms with Gasteiger partial charge in [0.25, 0.3) is 0 Å². The van der Waals surface area contributed by atoms with Crippen molar-refractivity contribution in [3.63, 3.8) is 0 Å². The van der Waals surface area contributed by atoms with E-state index in [0.29, 0.717) is 0 Å². The molecule has 6 heteroatoms. The summed E-state index contributed by atoms with van der Waals surface area (Å²) in [6.45, 7) is 4.74. The second-order valence-electron chi connectivity index (χ2n) is 4.92. The number of nitrogens with zero attached hydrogens (tertiary/aromatic N) is 5. The molecule has 21 heavy (non-hydrogen) atoms. The summed E-state index contributed by atoms with van der Waals surface area (Å²) in [6, 6.07) is 10.2. The van der Waals surface area contributed by atoms with Gasteiger partial charge in [-0.3, -0.25) is 4.98 Å². The van der Waals surface area contributed by atoms with E-state index in [-0.39, 0.29) is 0 Å². The molecule has 0 bridgehead atoms. The van der Waals surface area contributed by atoms with Gasteiger partial charge in [0.05, 0.1) is 5.69 Å². The molecular formula is C15H16N6. The molecule has 0 amide bonds. The van der Waals surface area contributed by atoms with Crippen molar-refractivity contribution in [1.82, 2.24) is 25.2 Å². The summed E-state index contributed by atoms with van der Waals surface area (Å²) in [7, 11) is 0. The summed E-state index contributed by atoms with van der Waals surface area (Å²) < 4.78 is 1.66. The number of aromatic nitrogens is 5. The van der Waals surface area contributed by atoms with E-state index >= 15 is 0 Å². The highest BCUT2D eigenvalue weighted by Crippen LogP contribution is 2.18. The van der Waals surface area contributed by atoms with Gasteiger partial charge in [-0.2, -0.15) is 0 Å². The second kappa shape index (κ2) is 5.70. The molecule has 0 radical (unpaired) electrons. The summed E-state index contributed by atoms with van der Waals surface area (Å²) in [5.74, 6) is 0. The Morgan fingerprint density at radius 3 is 2.76 bits per heavy atom. The highest BCUT2D eigenvalue weighted by molar-refractivity contribution is 5.54. The Labute approximate surface area is 122 Å². The molecule has 0 aliphatic heterocycles. The standard InChI is InChI=1S/C15H16N6/c1-11-3-6-14(7-15(11)21-10-18-19-20-21)17-9-13-5-4-12(2)16-8-13/h3-8,10,17H,9H2,1-2H3. The number of hydrogen-bond donors (Lipinski definition) is 1. The Morgan fingerprint density at radius 2 is 2.05 bits per heavy atom. The molecule has 1 aromatic carbocycles. The number of nitrogens with one attached hydrogen (secondary N) is 1. The monoisotopic (exact) mass is 280 g/mol. The zero-order valence-corrected chi connectivity index (χ0v) is 12.0. The quantitative estimate of drug-likeness (QED) is 0.794. The fourth-order valence-electron chi connectivity index (χ4n) is 2.04. The maximum absolute atomic E-state index is 4.29. The summed E-state index contributed by atoms with van der Waals surface area (Å²) >= 11 is 0. The normalized spacial score (nSPS) is 10.6. The lowest BCUT2D eigenvalue weighted by Crippen LogP contribution is -2.03. The van der Waals surface area contributed by atoms with Crippen LogP contribution in [0.25, 0.3) is 5.69 Å². The van der Waals surface area contributed by atoms with Crippen LogP contribution >= 0.6 is 0 Å². The van der Waals surface area contributed by atoms with Crippen LogP contribution in [0, 0.1) is 13.8 Å². The Balaban J connectivity index is 1.77. The molecule has 1 N–H and O–H groups in total. The number of anilines is 1. The first-order valence-corrected chi connectivity index (χ1v) is 6.72. The van der Waals surface area contributed by atoms with E-state index < -0.39 is 0 Å².